The summed E-state index contributed by atoms with van der Waals surface area (Å²) in [6, 6.07) is 8.09. The summed E-state index contributed by atoms with van der Waals surface area (Å²) >= 11 is 3.11. The minimum Gasteiger partial charge on any atom is -0.310 e. The molecule has 2 aromatic rings. The highest BCUT2D eigenvalue weighted by atomic mass is 79.9. The number of rotatable bonds is 5. The van der Waals surface area contributed by atoms with Crippen molar-refractivity contribution >= 4 is 15.9 Å². The Bertz CT molecular complexity index is 631. The predicted octanol–water partition coefficient (Wildman–Crippen LogP) is 4.76. The molecule has 0 aromatic heterocycles. The topological polar surface area (TPSA) is 12.0 Å². The van der Waals surface area contributed by atoms with E-state index in [2.05, 4.69) is 21.2 Å². The molecule has 21 heavy (non-hydrogen) atoms. The van der Waals surface area contributed by atoms with Crippen LogP contribution in [-0.4, -0.2) is 6.54 Å². The number of hydrogen-bond donors (Lipinski definition) is 1. The first-order valence-electron chi connectivity index (χ1n) is 6.63. The van der Waals surface area contributed by atoms with Gasteiger partial charge in [-0.2, -0.15) is 0 Å². The molecule has 0 aliphatic heterocycles. The summed E-state index contributed by atoms with van der Waals surface area (Å²) < 4.78 is 40.7. The van der Waals surface area contributed by atoms with E-state index in [1.165, 1.54) is 18.2 Å². The van der Waals surface area contributed by atoms with E-state index >= 15 is 0 Å². The van der Waals surface area contributed by atoms with Gasteiger partial charge in [0.05, 0.1) is 4.47 Å². The lowest BCUT2D eigenvalue weighted by Gasteiger charge is -2.19. The van der Waals surface area contributed by atoms with Crippen LogP contribution in [0.25, 0.3) is 0 Å². The van der Waals surface area contributed by atoms with E-state index in [0.29, 0.717) is 23.0 Å². The third-order valence-electron chi connectivity index (χ3n) is 3.24. The first-order chi connectivity index (χ1) is 10.0. The minimum atomic E-state index is -0.606. The van der Waals surface area contributed by atoms with Gasteiger partial charge in [-0.3, -0.25) is 0 Å². The molecular formula is C16H15BrF3N. The molecular weight excluding hydrogens is 343 g/mol. The van der Waals surface area contributed by atoms with E-state index in [0.717, 1.165) is 11.6 Å². The van der Waals surface area contributed by atoms with Gasteiger partial charge >= 0.3 is 0 Å². The molecule has 0 aliphatic rings. The van der Waals surface area contributed by atoms with Gasteiger partial charge < -0.3 is 5.32 Å². The smallest absolute Gasteiger partial charge is 0.137 e. The third-order valence-corrected chi connectivity index (χ3v) is 3.88. The maximum Gasteiger partial charge on any atom is 0.137 e. The molecule has 1 nitrogen and oxygen atoms in total. The van der Waals surface area contributed by atoms with Crippen LogP contribution in [0.2, 0.25) is 0 Å². The lowest BCUT2D eigenvalue weighted by Crippen LogP contribution is -2.23. The van der Waals surface area contributed by atoms with E-state index in [1.54, 1.807) is 12.1 Å². The van der Waals surface area contributed by atoms with Gasteiger partial charge in [0.25, 0.3) is 0 Å². The Morgan fingerprint density at radius 3 is 2.43 bits per heavy atom. The second-order valence-corrected chi connectivity index (χ2v) is 5.58. The third kappa shape index (κ3) is 4.08. The average Bonchev–Trinajstić information content (AvgIpc) is 2.44. The molecule has 0 saturated heterocycles. The number of halogens is 4. The fourth-order valence-corrected chi connectivity index (χ4v) is 2.44. The Hall–Kier alpha value is -1.33. The monoisotopic (exact) mass is 357 g/mol. The average molecular weight is 358 g/mol. The highest BCUT2D eigenvalue weighted by Gasteiger charge is 2.15. The maximum absolute atomic E-state index is 13.8. The van der Waals surface area contributed by atoms with Crippen molar-refractivity contribution in [3.05, 3.63) is 69.4 Å². The molecule has 0 heterocycles. The van der Waals surface area contributed by atoms with Gasteiger partial charge in [0.2, 0.25) is 0 Å². The fraction of sp³-hybridized carbons (Fsp3) is 0.250. The molecule has 0 fully saturated rings. The summed E-state index contributed by atoms with van der Waals surface area (Å²) in [7, 11) is 0. The van der Waals surface area contributed by atoms with Crippen LogP contribution in [0, 0.1) is 17.5 Å². The van der Waals surface area contributed by atoms with Crippen LogP contribution >= 0.6 is 15.9 Å². The highest BCUT2D eigenvalue weighted by Crippen LogP contribution is 2.24. The van der Waals surface area contributed by atoms with Crippen LogP contribution in [0.5, 0.6) is 0 Å². The first kappa shape index (κ1) is 16.0. The van der Waals surface area contributed by atoms with Crippen LogP contribution in [-0.2, 0) is 6.42 Å². The van der Waals surface area contributed by atoms with Crippen LogP contribution in [0.1, 0.15) is 24.1 Å². The molecule has 2 aromatic carbocycles. The van der Waals surface area contributed by atoms with E-state index in [9.17, 15) is 13.2 Å². The zero-order valence-corrected chi connectivity index (χ0v) is 13.1. The van der Waals surface area contributed by atoms with Crippen molar-refractivity contribution in [1.82, 2.24) is 5.32 Å². The van der Waals surface area contributed by atoms with E-state index < -0.39 is 11.6 Å². The second kappa shape index (κ2) is 7.09. The normalized spacial score (nSPS) is 12.4. The molecule has 0 spiro atoms. The van der Waals surface area contributed by atoms with Crippen molar-refractivity contribution in [2.24, 2.45) is 0 Å². The molecule has 112 valence electrons. The van der Waals surface area contributed by atoms with Crippen molar-refractivity contribution < 1.29 is 13.2 Å². The summed E-state index contributed by atoms with van der Waals surface area (Å²) in [6.45, 7) is 2.58. The van der Waals surface area contributed by atoms with Gasteiger partial charge in [-0.05, 0) is 58.2 Å². The summed E-state index contributed by atoms with van der Waals surface area (Å²) in [6.07, 6.45) is 0.320. The summed E-state index contributed by atoms with van der Waals surface area (Å²) in [5.41, 5.74) is 1.12. The summed E-state index contributed by atoms with van der Waals surface area (Å²) in [5, 5.41) is 3.19. The van der Waals surface area contributed by atoms with Crippen LogP contribution in [0.15, 0.2) is 40.9 Å². The zero-order chi connectivity index (χ0) is 15.4. The van der Waals surface area contributed by atoms with Crippen LogP contribution < -0.4 is 5.32 Å². The first-order valence-corrected chi connectivity index (χ1v) is 7.42. The molecule has 1 unspecified atom stereocenters. The lowest BCUT2D eigenvalue weighted by atomic mass is 9.98. The summed E-state index contributed by atoms with van der Waals surface area (Å²) in [4.78, 5) is 0. The molecule has 0 amide bonds. The molecule has 2 rings (SSSR count). The van der Waals surface area contributed by atoms with Crippen LogP contribution in [0.3, 0.4) is 0 Å². The number of likely N-dealkylation sites (N-methyl/N-ethyl adjacent to an activating group) is 1. The number of hydrogen-bond acceptors (Lipinski definition) is 1. The van der Waals surface area contributed by atoms with Crippen molar-refractivity contribution in [3.63, 3.8) is 0 Å². The molecule has 5 heteroatoms. The molecule has 0 aliphatic carbocycles. The Kier molecular flexibility index (Phi) is 5.42. The van der Waals surface area contributed by atoms with E-state index in [4.69, 9.17) is 0 Å². The van der Waals surface area contributed by atoms with Crippen LogP contribution in [0.4, 0.5) is 13.2 Å². The van der Waals surface area contributed by atoms with E-state index in [1.807, 2.05) is 6.92 Å². The maximum atomic E-state index is 13.8. The Labute approximate surface area is 130 Å². The highest BCUT2D eigenvalue weighted by molar-refractivity contribution is 9.10. The molecule has 0 bridgehead atoms. The van der Waals surface area contributed by atoms with Crippen molar-refractivity contribution in [2.75, 3.05) is 6.54 Å². The van der Waals surface area contributed by atoms with Crippen molar-refractivity contribution in [3.8, 4) is 0 Å². The molecule has 0 saturated carbocycles. The molecule has 1 atom stereocenters. The Balaban J connectivity index is 2.28. The van der Waals surface area contributed by atoms with Gasteiger partial charge in [0.1, 0.15) is 17.5 Å². The van der Waals surface area contributed by atoms with Gasteiger partial charge in [-0.15, -0.1) is 0 Å². The standard InChI is InChI=1S/C16H15BrF3N/c1-2-21-16(11-4-6-13(17)15(20)7-11)8-10-3-5-12(18)9-14(10)19/h3-7,9,16,21H,2,8H2,1H3. The summed E-state index contributed by atoms with van der Waals surface area (Å²) in [5.74, 6) is -1.56. The fourth-order valence-electron chi connectivity index (χ4n) is 2.19. The van der Waals surface area contributed by atoms with Gasteiger partial charge in [-0.25, -0.2) is 13.2 Å². The number of nitrogens with one attached hydrogen (secondary N) is 1. The van der Waals surface area contributed by atoms with E-state index in [-0.39, 0.29) is 11.9 Å². The van der Waals surface area contributed by atoms with Gasteiger partial charge in [-0.1, -0.05) is 19.1 Å². The Morgan fingerprint density at radius 1 is 1.05 bits per heavy atom. The predicted molar refractivity (Wildman–Crippen MR) is 80.6 cm³/mol. The quantitative estimate of drug-likeness (QED) is 0.813. The second-order valence-electron chi connectivity index (χ2n) is 4.72. The molecule has 0 radical (unpaired) electrons. The number of benzene rings is 2. The zero-order valence-electron chi connectivity index (χ0n) is 11.5. The van der Waals surface area contributed by atoms with Gasteiger partial charge in [0.15, 0.2) is 0 Å². The van der Waals surface area contributed by atoms with Gasteiger partial charge in [0, 0.05) is 12.1 Å². The van der Waals surface area contributed by atoms with Crippen molar-refractivity contribution in [2.45, 2.75) is 19.4 Å². The SMILES string of the molecule is CCNC(Cc1ccc(F)cc1F)c1ccc(Br)c(F)c1. The van der Waals surface area contributed by atoms with Crippen molar-refractivity contribution in [1.29, 1.82) is 0 Å². The minimum absolute atomic E-state index is 0.238. The largest absolute Gasteiger partial charge is 0.310 e. The molecule has 1 N–H and O–H groups in total. The Morgan fingerprint density at radius 2 is 1.81 bits per heavy atom. The lowest BCUT2D eigenvalue weighted by molar-refractivity contribution is 0.517.